The minimum absolute atomic E-state index is 0.512. The molecule has 2 rings (SSSR count). The van der Waals surface area contributed by atoms with E-state index in [9.17, 15) is 0 Å². The molecule has 3 heteroatoms. The molecule has 1 saturated heterocycles. The Bertz CT molecular complexity index is 303. The number of thiazole rings is 1. The fraction of sp³-hybridized carbons (Fsp3) is 0.500. The van der Waals surface area contributed by atoms with Crippen LogP contribution in [0.25, 0.3) is 0 Å². The SMILES string of the molecule is C(#CC1CCOCC1)c1nccs1. The van der Waals surface area contributed by atoms with Crippen LogP contribution in [-0.2, 0) is 4.74 Å². The summed E-state index contributed by atoms with van der Waals surface area (Å²) in [6, 6.07) is 0. The van der Waals surface area contributed by atoms with Crippen molar-refractivity contribution in [3.05, 3.63) is 16.6 Å². The first-order valence-corrected chi connectivity index (χ1v) is 5.32. The van der Waals surface area contributed by atoms with Crippen molar-refractivity contribution in [2.45, 2.75) is 12.8 Å². The molecule has 1 aliphatic rings. The molecule has 0 bridgehead atoms. The highest BCUT2D eigenvalue weighted by Gasteiger charge is 2.10. The lowest BCUT2D eigenvalue weighted by molar-refractivity contribution is 0.0807. The van der Waals surface area contributed by atoms with Crippen LogP contribution in [0.4, 0.5) is 0 Å². The van der Waals surface area contributed by atoms with Gasteiger partial charge < -0.3 is 4.74 Å². The van der Waals surface area contributed by atoms with Crippen molar-refractivity contribution in [1.29, 1.82) is 0 Å². The van der Waals surface area contributed by atoms with Crippen LogP contribution in [0.5, 0.6) is 0 Å². The van der Waals surface area contributed by atoms with Crippen molar-refractivity contribution in [2.75, 3.05) is 13.2 Å². The molecule has 2 heterocycles. The van der Waals surface area contributed by atoms with E-state index < -0.39 is 0 Å². The Morgan fingerprint density at radius 1 is 1.46 bits per heavy atom. The van der Waals surface area contributed by atoms with E-state index in [-0.39, 0.29) is 0 Å². The molecule has 68 valence electrons. The highest BCUT2D eigenvalue weighted by molar-refractivity contribution is 7.10. The van der Waals surface area contributed by atoms with Crippen LogP contribution in [0.1, 0.15) is 17.8 Å². The summed E-state index contributed by atoms with van der Waals surface area (Å²) in [6.07, 6.45) is 3.93. The molecule has 13 heavy (non-hydrogen) atoms. The summed E-state index contributed by atoms with van der Waals surface area (Å²) in [4.78, 5) is 4.11. The van der Waals surface area contributed by atoms with E-state index in [1.165, 1.54) is 0 Å². The Hall–Kier alpha value is -0.850. The lowest BCUT2D eigenvalue weighted by atomic mass is 10.0. The number of rotatable bonds is 0. The quantitative estimate of drug-likeness (QED) is 0.587. The van der Waals surface area contributed by atoms with Gasteiger partial charge in [-0.1, -0.05) is 5.92 Å². The monoisotopic (exact) mass is 193 g/mol. The fourth-order valence-electron chi connectivity index (χ4n) is 1.29. The van der Waals surface area contributed by atoms with E-state index in [0.29, 0.717) is 5.92 Å². The number of hydrogen-bond acceptors (Lipinski definition) is 3. The predicted octanol–water partition coefficient (Wildman–Crippen LogP) is 1.92. The van der Waals surface area contributed by atoms with E-state index in [1.54, 1.807) is 17.5 Å². The first-order valence-electron chi connectivity index (χ1n) is 4.44. The molecule has 0 N–H and O–H groups in total. The van der Waals surface area contributed by atoms with Gasteiger partial charge in [0.2, 0.25) is 0 Å². The predicted molar refractivity (Wildman–Crippen MR) is 52.5 cm³/mol. The van der Waals surface area contributed by atoms with Crippen LogP contribution in [0.2, 0.25) is 0 Å². The molecule has 0 amide bonds. The zero-order valence-corrected chi connectivity index (χ0v) is 8.14. The van der Waals surface area contributed by atoms with Crippen LogP contribution in [0.3, 0.4) is 0 Å². The number of nitrogens with zero attached hydrogens (tertiary/aromatic N) is 1. The number of aromatic nitrogens is 1. The van der Waals surface area contributed by atoms with Crippen LogP contribution in [0, 0.1) is 17.8 Å². The maximum absolute atomic E-state index is 5.26. The lowest BCUT2D eigenvalue weighted by Crippen LogP contribution is -2.13. The molecule has 0 unspecified atom stereocenters. The third-order valence-corrected chi connectivity index (χ3v) is 2.73. The zero-order valence-electron chi connectivity index (χ0n) is 7.32. The zero-order chi connectivity index (χ0) is 8.93. The standard InChI is InChI=1S/C10H11NOS/c1(2-10-11-5-8-13-10)9-3-6-12-7-4-9/h5,8-9H,3-4,6-7H2. The van der Waals surface area contributed by atoms with Crippen LogP contribution in [-0.4, -0.2) is 18.2 Å². The van der Waals surface area contributed by atoms with Gasteiger partial charge in [0.15, 0.2) is 5.01 Å². The Balaban J connectivity index is 1.95. The molecule has 1 aliphatic heterocycles. The van der Waals surface area contributed by atoms with Crippen molar-refractivity contribution in [2.24, 2.45) is 5.92 Å². The van der Waals surface area contributed by atoms with Crippen molar-refractivity contribution < 1.29 is 4.74 Å². The first-order chi connectivity index (χ1) is 6.45. The third kappa shape index (κ3) is 2.55. The van der Waals surface area contributed by atoms with Crippen LogP contribution < -0.4 is 0 Å². The topological polar surface area (TPSA) is 22.1 Å². The van der Waals surface area contributed by atoms with Gasteiger partial charge in [-0.3, -0.25) is 0 Å². The second-order valence-corrected chi connectivity index (χ2v) is 3.89. The van der Waals surface area contributed by atoms with Gasteiger partial charge in [0.25, 0.3) is 0 Å². The number of hydrogen-bond donors (Lipinski definition) is 0. The second kappa shape index (κ2) is 4.40. The Morgan fingerprint density at radius 3 is 3.00 bits per heavy atom. The van der Waals surface area contributed by atoms with Crippen LogP contribution in [0.15, 0.2) is 11.6 Å². The molecule has 0 saturated carbocycles. The van der Waals surface area contributed by atoms with Gasteiger partial charge in [0.1, 0.15) is 0 Å². The highest BCUT2D eigenvalue weighted by Crippen LogP contribution is 2.13. The average Bonchev–Trinajstić information content (AvgIpc) is 2.69. The highest BCUT2D eigenvalue weighted by atomic mass is 32.1. The van der Waals surface area contributed by atoms with E-state index >= 15 is 0 Å². The van der Waals surface area contributed by atoms with Crippen molar-refractivity contribution in [3.8, 4) is 11.8 Å². The molecular formula is C10H11NOS. The minimum Gasteiger partial charge on any atom is -0.381 e. The summed E-state index contributed by atoms with van der Waals surface area (Å²) in [5.74, 6) is 6.85. The second-order valence-electron chi connectivity index (χ2n) is 2.99. The summed E-state index contributed by atoms with van der Waals surface area (Å²) in [5, 5.41) is 2.88. The molecular weight excluding hydrogens is 182 g/mol. The van der Waals surface area contributed by atoms with Crippen molar-refractivity contribution >= 4 is 11.3 Å². The fourth-order valence-corrected chi connectivity index (χ4v) is 1.78. The summed E-state index contributed by atoms with van der Waals surface area (Å²) < 4.78 is 5.26. The molecule has 0 aliphatic carbocycles. The van der Waals surface area contributed by atoms with Crippen molar-refractivity contribution in [1.82, 2.24) is 4.98 Å². The molecule has 0 spiro atoms. The number of ether oxygens (including phenoxy) is 1. The Labute approximate surface area is 82.0 Å². The summed E-state index contributed by atoms with van der Waals surface area (Å²) in [6.45, 7) is 1.72. The largest absolute Gasteiger partial charge is 0.381 e. The van der Waals surface area contributed by atoms with Crippen molar-refractivity contribution in [3.63, 3.8) is 0 Å². The maximum atomic E-state index is 5.26. The summed E-state index contributed by atoms with van der Waals surface area (Å²) in [7, 11) is 0. The van der Waals surface area contributed by atoms with Gasteiger partial charge in [-0.25, -0.2) is 4.98 Å². The summed E-state index contributed by atoms with van der Waals surface area (Å²) in [5.41, 5.74) is 0. The molecule has 0 aromatic carbocycles. The molecule has 0 atom stereocenters. The molecule has 1 aromatic heterocycles. The van der Waals surface area contributed by atoms with E-state index in [1.807, 2.05) is 5.38 Å². The van der Waals surface area contributed by atoms with Crippen LogP contribution >= 0.6 is 11.3 Å². The average molecular weight is 193 g/mol. The smallest absolute Gasteiger partial charge is 0.166 e. The van der Waals surface area contributed by atoms with E-state index in [2.05, 4.69) is 16.8 Å². The Kier molecular flexibility index (Phi) is 2.96. The van der Waals surface area contributed by atoms with Gasteiger partial charge >= 0.3 is 0 Å². The van der Waals surface area contributed by atoms with Gasteiger partial charge in [-0.15, -0.1) is 11.3 Å². The van der Waals surface area contributed by atoms with Gasteiger partial charge in [-0.2, -0.15) is 0 Å². The van der Waals surface area contributed by atoms with E-state index in [0.717, 1.165) is 31.1 Å². The molecule has 1 aromatic rings. The van der Waals surface area contributed by atoms with Gasteiger partial charge in [-0.05, 0) is 18.8 Å². The lowest BCUT2D eigenvalue weighted by Gasteiger charge is -2.16. The summed E-state index contributed by atoms with van der Waals surface area (Å²) >= 11 is 1.60. The first kappa shape index (κ1) is 8.74. The minimum atomic E-state index is 0.512. The van der Waals surface area contributed by atoms with Gasteiger partial charge in [0.05, 0.1) is 0 Å². The molecule has 0 radical (unpaired) electrons. The normalized spacial score (nSPS) is 17.8. The third-order valence-electron chi connectivity index (χ3n) is 2.04. The van der Waals surface area contributed by atoms with E-state index in [4.69, 9.17) is 4.74 Å². The molecule has 2 nitrogen and oxygen atoms in total. The maximum Gasteiger partial charge on any atom is 0.166 e. The molecule has 1 fully saturated rings. The Morgan fingerprint density at radius 2 is 2.31 bits per heavy atom. The van der Waals surface area contributed by atoms with Gasteiger partial charge in [0, 0.05) is 30.7 Å².